The van der Waals surface area contributed by atoms with Crippen LogP contribution in [-0.4, -0.2) is 22.3 Å². The van der Waals surface area contributed by atoms with E-state index in [1.807, 2.05) is 13.8 Å². The smallest absolute Gasteiger partial charge is 0.306 e. The minimum Gasteiger partial charge on any atom is -0.481 e. The Labute approximate surface area is 158 Å². The average Bonchev–Trinajstić information content (AvgIpc) is 2.86. The van der Waals surface area contributed by atoms with Crippen molar-refractivity contribution in [3.8, 4) is 0 Å². The Morgan fingerprint density at radius 1 is 0.962 bits per heavy atom. The maximum atomic E-state index is 10.9. The molecule has 1 aliphatic rings. The molecule has 2 unspecified atom stereocenters. The van der Waals surface area contributed by atoms with Crippen LogP contribution in [0.1, 0.15) is 85.0 Å². The van der Waals surface area contributed by atoms with Gasteiger partial charge < -0.3 is 5.11 Å². The highest BCUT2D eigenvalue weighted by Gasteiger charge is 2.47. The Kier molecular flexibility index (Phi) is 10.5. The standard InChI is InChI=1S/C22H36O4/c1-4-5-6-7-8-9-10-11-12-13-14-15-16-17-21(2)19-22(3,26-25-21)18-20(23)24/h5-6,8-11H,4,7,12-19H2,1-3H3,(H,23,24). The topological polar surface area (TPSA) is 55.8 Å². The lowest BCUT2D eigenvalue weighted by Gasteiger charge is -2.21. The number of carboxylic acids is 1. The SMILES string of the molecule is CCC=CCC=CC=CCCCCCCC1(C)CC(C)(CC(=O)O)OO1. The van der Waals surface area contributed by atoms with Crippen molar-refractivity contribution >= 4 is 5.97 Å². The molecule has 0 aromatic heterocycles. The summed E-state index contributed by atoms with van der Waals surface area (Å²) >= 11 is 0. The molecule has 1 rings (SSSR count). The second-order valence-electron chi connectivity index (χ2n) is 7.74. The summed E-state index contributed by atoms with van der Waals surface area (Å²) in [4.78, 5) is 21.7. The third kappa shape index (κ3) is 9.93. The Morgan fingerprint density at radius 3 is 2.38 bits per heavy atom. The number of unbranched alkanes of at least 4 members (excludes halogenated alkanes) is 4. The van der Waals surface area contributed by atoms with E-state index < -0.39 is 11.6 Å². The summed E-state index contributed by atoms with van der Waals surface area (Å²) in [6.07, 6.45) is 22.4. The molecule has 1 heterocycles. The van der Waals surface area contributed by atoms with Crippen LogP contribution in [0.4, 0.5) is 0 Å². The minimum atomic E-state index is -0.847. The normalized spacial score (nSPS) is 26.6. The maximum Gasteiger partial charge on any atom is 0.306 e. The van der Waals surface area contributed by atoms with Gasteiger partial charge in [0.05, 0.1) is 6.42 Å². The molecule has 1 fully saturated rings. The van der Waals surface area contributed by atoms with E-state index in [4.69, 9.17) is 14.9 Å². The molecule has 0 aromatic rings. The van der Waals surface area contributed by atoms with Crippen molar-refractivity contribution in [1.82, 2.24) is 0 Å². The zero-order valence-electron chi connectivity index (χ0n) is 16.7. The van der Waals surface area contributed by atoms with Gasteiger partial charge in [0.15, 0.2) is 0 Å². The van der Waals surface area contributed by atoms with Crippen LogP contribution in [0.25, 0.3) is 0 Å². The van der Waals surface area contributed by atoms with Gasteiger partial charge in [-0.1, -0.05) is 62.6 Å². The van der Waals surface area contributed by atoms with Crippen LogP contribution < -0.4 is 0 Å². The first-order valence-corrected chi connectivity index (χ1v) is 9.94. The predicted octanol–water partition coefficient (Wildman–Crippen LogP) is 6.14. The van der Waals surface area contributed by atoms with Gasteiger partial charge in [0.25, 0.3) is 0 Å². The molecule has 0 spiro atoms. The quantitative estimate of drug-likeness (QED) is 0.185. The Balaban J connectivity index is 2.07. The van der Waals surface area contributed by atoms with Gasteiger partial charge in [-0.15, -0.1) is 0 Å². The van der Waals surface area contributed by atoms with Gasteiger partial charge in [0.2, 0.25) is 0 Å². The summed E-state index contributed by atoms with van der Waals surface area (Å²) in [7, 11) is 0. The number of rotatable bonds is 13. The van der Waals surface area contributed by atoms with Crippen molar-refractivity contribution in [3.63, 3.8) is 0 Å². The first-order chi connectivity index (χ1) is 12.4. The van der Waals surface area contributed by atoms with Crippen LogP contribution >= 0.6 is 0 Å². The summed E-state index contributed by atoms with van der Waals surface area (Å²) < 4.78 is 0. The third-order valence-electron chi connectivity index (χ3n) is 4.60. The van der Waals surface area contributed by atoms with Crippen molar-refractivity contribution in [2.24, 2.45) is 0 Å². The average molecular weight is 365 g/mol. The monoisotopic (exact) mass is 364 g/mol. The number of carbonyl (C=O) groups is 1. The van der Waals surface area contributed by atoms with E-state index >= 15 is 0 Å². The van der Waals surface area contributed by atoms with Crippen LogP contribution in [0, 0.1) is 0 Å². The fourth-order valence-electron chi connectivity index (χ4n) is 3.38. The zero-order valence-corrected chi connectivity index (χ0v) is 16.7. The van der Waals surface area contributed by atoms with Crippen LogP contribution in [-0.2, 0) is 14.6 Å². The van der Waals surface area contributed by atoms with E-state index in [9.17, 15) is 4.79 Å². The second-order valence-corrected chi connectivity index (χ2v) is 7.74. The van der Waals surface area contributed by atoms with Crippen molar-refractivity contribution in [2.75, 3.05) is 0 Å². The van der Waals surface area contributed by atoms with Crippen molar-refractivity contribution in [1.29, 1.82) is 0 Å². The van der Waals surface area contributed by atoms with E-state index in [0.29, 0.717) is 6.42 Å². The van der Waals surface area contributed by atoms with Crippen LogP contribution in [0.5, 0.6) is 0 Å². The first kappa shape index (κ1) is 22.7. The summed E-state index contributed by atoms with van der Waals surface area (Å²) in [6, 6.07) is 0. The first-order valence-electron chi connectivity index (χ1n) is 9.94. The summed E-state index contributed by atoms with van der Waals surface area (Å²) in [5.41, 5.74) is -1.06. The van der Waals surface area contributed by atoms with Gasteiger partial charge in [-0.2, -0.15) is 0 Å². The summed E-state index contributed by atoms with van der Waals surface area (Å²) in [5.74, 6) is -0.847. The molecule has 0 aliphatic carbocycles. The molecule has 26 heavy (non-hydrogen) atoms. The van der Waals surface area contributed by atoms with Crippen LogP contribution in [0.15, 0.2) is 36.5 Å². The largest absolute Gasteiger partial charge is 0.481 e. The van der Waals surface area contributed by atoms with Crippen LogP contribution in [0.3, 0.4) is 0 Å². The van der Waals surface area contributed by atoms with E-state index in [2.05, 4.69) is 43.4 Å². The predicted molar refractivity (Wildman–Crippen MR) is 106 cm³/mol. The van der Waals surface area contributed by atoms with Crippen molar-refractivity contribution in [3.05, 3.63) is 36.5 Å². The summed E-state index contributed by atoms with van der Waals surface area (Å²) in [5, 5.41) is 8.96. The Hall–Kier alpha value is -1.39. The highest BCUT2D eigenvalue weighted by Crippen LogP contribution is 2.40. The van der Waals surface area contributed by atoms with E-state index in [0.717, 1.165) is 32.1 Å². The molecule has 4 heteroatoms. The number of allylic oxidation sites excluding steroid dienone is 6. The maximum absolute atomic E-state index is 10.9. The van der Waals surface area contributed by atoms with Gasteiger partial charge >= 0.3 is 5.97 Å². The fraction of sp³-hybridized carbons (Fsp3) is 0.682. The van der Waals surface area contributed by atoms with E-state index in [-0.39, 0.29) is 12.0 Å². The van der Waals surface area contributed by atoms with Gasteiger partial charge in [-0.3, -0.25) is 4.79 Å². The molecule has 0 saturated carbocycles. The Morgan fingerprint density at radius 2 is 1.65 bits per heavy atom. The summed E-state index contributed by atoms with van der Waals surface area (Å²) in [6.45, 7) is 5.98. The van der Waals surface area contributed by atoms with Crippen LogP contribution in [0.2, 0.25) is 0 Å². The molecule has 0 radical (unpaired) electrons. The molecule has 1 saturated heterocycles. The molecule has 0 amide bonds. The number of aliphatic carboxylic acids is 1. The molecular formula is C22H36O4. The van der Waals surface area contributed by atoms with Crippen molar-refractivity contribution < 1.29 is 19.7 Å². The van der Waals surface area contributed by atoms with Gasteiger partial charge in [0, 0.05) is 6.42 Å². The van der Waals surface area contributed by atoms with Gasteiger partial charge in [-0.25, -0.2) is 9.78 Å². The lowest BCUT2D eigenvalue weighted by Crippen LogP contribution is -2.30. The number of hydrogen-bond donors (Lipinski definition) is 1. The molecule has 0 aromatic carbocycles. The lowest BCUT2D eigenvalue weighted by atomic mass is 9.85. The number of carboxylic acid groups (broad SMARTS) is 1. The van der Waals surface area contributed by atoms with E-state index in [1.54, 1.807) is 0 Å². The molecule has 4 nitrogen and oxygen atoms in total. The molecule has 0 bridgehead atoms. The molecule has 1 N–H and O–H groups in total. The highest BCUT2D eigenvalue weighted by molar-refractivity contribution is 5.68. The molecular weight excluding hydrogens is 328 g/mol. The Bertz CT molecular complexity index is 494. The fourth-order valence-corrected chi connectivity index (χ4v) is 3.38. The lowest BCUT2D eigenvalue weighted by molar-refractivity contribution is -0.345. The second kappa shape index (κ2) is 12.1. The van der Waals surface area contributed by atoms with E-state index in [1.165, 1.54) is 19.3 Å². The number of hydrogen-bond acceptors (Lipinski definition) is 3. The third-order valence-corrected chi connectivity index (χ3v) is 4.60. The zero-order chi connectivity index (χ0) is 19.3. The highest BCUT2D eigenvalue weighted by atomic mass is 17.2. The molecule has 2 atom stereocenters. The van der Waals surface area contributed by atoms with Gasteiger partial charge in [-0.05, 0) is 46.0 Å². The van der Waals surface area contributed by atoms with Gasteiger partial charge in [0.1, 0.15) is 11.2 Å². The minimum absolute atomic E-state index is 0.0156. The molecule has 148 valence electrons. The van der Waals surface area contributed by atoms with Crippen molar-refractivity contribution in [2.45, 2.75) is 96.2 Å². The molecule has 1 aliphatic heterocycles.